The van der Waals surface area contributed by atoms with E-state index in [1.54, 1.807) is 0 Å². The molecule has 0 bridgehead atoms. The first-order valence-electron chi connectivity index (χ1n) is 2.57. The molecule has 0 fully saturated rings. The Balaban J connectivity index is 3.32. The number of hydrogen-bond acceptors (Lipinski definition) is 5. The van der Waals surface area contributed by atoms with E-state index >= 15 is 0 Å². The molecule has 58 valence electrons. The lowest BCUT2D eigenvalue weighted by Crippen LogP contribution is -2.22. The predicted molar refractivity (Wildman–Crippen MR) is 34.0 cm³/mol. The molecule has 0 saturated carbocycles. The number of nitrogen functional groups attached to an aromatic ring is 1. The van der Waals surface area contributed by atoms with Gasteiger partial charge in [-0.15, -0.1) is 10.2 Å². The maximum absolute atomic E-state index is 10.7. The molecule has 0 aliphatic heterocycles. The molecule has 0 spiro atoms. The highest BCUT2D eigenvalue weighted by Gasteiger charge is 2.10. The third kappa shape index (κ3) is 1.31. The fourth-order valence-electron chi connectivity index (χ4n) is 0.490. The van der Waals surface area contributed by atoms with E-state index in [9.17, 15) is 9.59 Å². The first-order chi connectivity index (χ1) is 5.11. The molecular weight excluding hydrogens is 152 g/mol. The van der Waals surface area contributed by atoms with Crippen molar-refractivity contribution in [3.05, 3.63) is 16.0 Å². The first-order valence-corrected chi connectivity index (χ1v) is 2.57. The number of nitrogens with zero attached hydrogens (tertiary/aromatic N) is 2. The Morgan fingerprint density at radius 1 is 1.55 bits per heavy atom. The normalized spacial score (nSPS) is 9.45. The monoisotopic (exact) mass is 156 g/mol. The molecule has 1 heterocycles. The lowest BCUT2D eigenvalue weighted by atomic mass is 10.5. The number of aromatic carboxylic acids is 1. The summed E-state index contributed by atoms with van der Waals surface area (Å²) in [5.41, 5.74) is 3.48. The van der Waals surface area contributed by atoms with Gasteiger partial charge >= 0.3 is 5.97 Å². The van der Waals surface area contributed by atoms with Gasteiger partial charge in [-0.1, -0.05) is 0 Å². The summed E-state index contributed by atoms with van der Waals surface area (Å²) >= 11 is 0. The van der Waals surface area contributed by atoms with Crippen LogP contribution < -0.4 is 11.3 Å². The standard InChI is InChI=1S/C4H4N4O3/c5-4-6-2(9)1(3(10)11)7-8-4/h(H,10,11)(H3,5,6,8,9). The van der Waals surface area contributed by atoms with Crippen LogP contribution in [-0.2, 0) is 0 Å². The zero-order chi connectivity index (χ0) is 8.43. The first kappa shape index (κ1) is 7.19. The van der Waals surface area contributed by atoms with Crippen LogP contribution in [0, 0.1) is 0 Å². The largest absolute Gasteiger partial charge is 0.476 e. The Morgan fingerprint density at radius 2 is 2.18 bits per heavy atom. The van der Waals surface area contributed by atoms with Crippen LogP contribution in [0.2, 0.25) is 0 Å². The number of nitrogens with one attached hydrogen (secondary N) is 1. The summed E-state index contributed by atoms with van der Waals surface area (Å²) in [6, 6.07) is 0. The van der Waals surface area contributed by atoms with Crippen molar-refractivity contribution in [3.63, 3.8) is 0 Å². The van der Waals surface area contributed by atoms with Gasteiger partial charge in [-0.25, -0.2) is 4.79 Å². The Labute approximate surface area is 59.9 Å². The zero-order valence-corrected chi connectivity index (χ0v) is 5.24. The fourth-order valence-corrected chi connectivity index (χ4v) is 0.490. The second-order valence-electron chi connectivity index (χ2n) is 1.69. The third-order valence-electron chi connectivity index (χ3n) is 0.917. The molecule has 1 aromatic heterocycles. The molecule has 7 nitrogen and oxygen atoms in total. The summed E-state index contributed by atoms with van der Waals surface area (Å²) in [6.45, 7) is 0. The number of carbonyl (C=O) groups is 1. The highest BCUT2D eigenvalue weighted by atomic mass is 16.4. The van der Waals surface area contributed by atoms with Crippen LogP contribution in [0.15, 0.2) is 4.79 Å². The van der Waals surface area contributed by atoms with Crippen LogP contribution in [0.3, 0.4) is 0 Å². The summed E-state index contributed by atoms with van der Waals surface area (Å²) in [5.74, 6) is -1.64. The highest BCUT2D eigenvalue weighted by Crippen LogP contribution is 1.83. The van der Waals surface area contributed by atoms with Gasteiger partial charge in [0.15, 0.2) is 0 Å². The number of hydrogen-bond donors (Lipinski definition) is 3. The minimum absolute atomic E-state index is 0.208. The van der Waals surface area contributed by atoms with E-state index in [-0.39, 0.29) is 5.95 Å². The van der Waals surface area contributed by atoms with Crippen LogP contribution in [0.5, 0.6) is 0 Å². The van der Waals surface area contributed by atoms with Crippen molar-refractivity contribution in [2.75, 3.05) is 5.73 Å². The maximum Gasteiger partial charge on any atom is 0.362 e. The Morgan fingerprint density at radius 3 is 2.64 bits per heavy atom. The average molecular weight is 156 g/mol. The van der Waals surface area contributed by atoms with E-state index in [0.717, 1.165) is 0 Å². The van der Waals surface area contributed by atoms with Gasteiger partial charge < -0.3 is 10.8 Å². The highest BCUT2D eigenvalue weighted by molar-refractivity contribution is 5.84. The zero-order valence-electron chi connectivity index (χ0n) is 5.24. The topological polar surface area (TPSA) is 122 Å². The Hall–Kier alpha value is -1.92. The van der Waals surface area contributed by atoms with E-state index in [1.807, 2.05) is 4.98 Å². The fraction of sp³-hybridized carbons (Fsp3) is 0. The van der Waals surface area contributed by atoms with Gasteiger partial charge in [-0.05, 0) is 0 Å². The number of anilines is 1. The van der Waals surface area contributed by atoms with Gasteiger partial charge in [-0.2, -0.15) is 0 Å². The van der Waals surface area contributed by atoms with Crippen LogP contribution in [0.1, 0.15) is 10.5 Å². The molecule has 0 aromatic carbocycles. The van der Waals surface area contributed by atoms with Gasteiger partial charge in [0, 0.05) is 0 Å². The molecule has 1 rings (SSSR count). The number of aromatic nitrogens is 3. The van der Waals surface area contributed by atoms with Gasteiger partial charge in [0.1, 0.15) is 0 Å². The van der Waals surface area contributed by atoms with Crippen molar-refractivity contribution < 1.29 is 9.90 Å². The van der Waals surface area contributed by atoms with Crippen molar-refractivity contribution in [1.29, 1.82) is 0 Å². The second kappa shape index (κ2) is 2.37. The van der Waals surface area contributed by atoms with Crippen molar-refractivity contribution in [2.45, 2.75) is 0 Å². The van der Waals surface area contributed by atoms with E-state index < -0.39 is 17.2 Å². The van der Waals surface area contributed by atoms with Gasteiger partial charge in [0.2, 0.25) is 11.6 Å². The van der Waals surface area contributed by atoms with Crippen LogP contribution >= 0.6 is 0 Å². The number of carboxylic acid groups (broad SMARTS) is 1. The molecule has 0 atom stereocenters. The van der Waals surface area contributed by atoms with Crippen LogP contribution in [0.25, 0.3) is 0 Å². The molecule has 11 heavy (non-hydrogen) atoms. The molecule has 0 saturated heterocycles. The Kier molecular flexibility index (Phi) is 1.55. The average Bonchev–Trinajstić information content (AvgIpc) is 1.85. The van der Waals surface area contributed by atoms with Gasteiger partial charge in [-0.3, -0.25) is 9.78 Å². The third-order valence-corrected chi connectivity index (χ3v) is 0.917. The number of aromatic amines is 1. The Bertz CT molecular complexity index is 343. The summed E-state index contributed by atoms with van der Waals surface area (Å²) in [4.78, 5) is 22.8. The number of carboxylic acids is 1. The minimum atomic E-state index is -1.43. The summed E-state index contributed by atoms with van der Waals surface area (Å²) in [7, 11) is 0. The van der Waals surface area contributed by atoms with Crippen LogP contribution in [-0.4, -0.2) is 26.3 Å². The molecular formula is C4H4N4O3. The van der Waals surface area contributed by atoms with Crippen molar-refractivity contribution in [1.82, 2.24) is 15.2 Å². The summed E-state index contributed by atoms with van der Waals surface area (Å²) < 4.78 is 0. The summed E-state index contributed by atoms with van der Waals surface area (Å²) in [5, 5.41) is 14.5. The maximum atomic E-state index is 10.7. The lowest BCUT2D eigenvalue weighted by Gasteiger charge is -1.90. The molecule has 4 N–H and O–H groups in total. The predicted octanol–water partition coefficient (Wildman–Crippen LogP) is -1.55. The van der Waals surface area contributed by atoms with E-state index in [2.05, 4.69) is 10.2 Å². The van der Waals surface area contributed by atoms with Gasteiger partial charge in [0.25, 0.3) is 5.56 Å². The molecule has 0 radical (unpaired) electrons. The smallest absolute Gasteiger partial charge is 0.362 e. The molecule has 0 unspecified atom stereocenters. The molecule has 0 amide bonds. The molecule has 1 aromatic rings. The number of H-pyrrole nitrogens is 1. The SMILES string of the molecule is Nc1nnc(C(=O)O)c(=O)[nH]1. The van der Waals surface area contributed by atoms with Crippen molar-refractivity contribution in [2.24, 2.45) is 0 Å². The van der Waals surface area contributed by atoms with Crippen molar-refractivity contribution >= 4 is 11.9 Å². The van der Waals surface area contributed by atoms with Crippen LogP contribution in [0.4, 0.5) is 5.95 Å². The number of nitrogens with two attached hydrogens (primary N) is 1. The minimum Gasteiger partial charge on any atom is -0.476 e. The molecule has 0 aliphatic rings. The molecule has 7 heteroatoms. The number of rotatable bonds is 1. The quantitative estimate of drug-likeness (QED) is 0.452. The second-order valence-corrected chi connectivity index (χ2v) is 1.69. The molecule has 0 aliphatic carbocycles. The summed E-state index contributed by atoms with van der Waals surface area (Å²) in [6.07, 6.45) is 0. The van der Waals surface area contributed by atoms with Crippen molar-refractivity contribution in [3.8, 4) is 0 Å². The van der Waals surface area contributed by atoms with E-state index in [0.29, 0.717) is 0 Å². The van der Waals surface area contributed by atoms with E-state index in [4.69, 9.17) is 10.8 Å². The van der Waals surface area contributed by atoms with E-state index in [1.165, 1.54) is 0 Å². The van der Waals surface area contributed by atoms with Gasteiger partial charge in [0.05, 0.1) is 0 Å². The lowest BCUT2D eigenvalue weighted by molar-refractivity contribution is 0.0687.